The SMILES string of the molecule is Cc1ccc(C(C(F)(F)F)C(F)(F)F)cc1. The summed E-state index contributed by atoms with van der Waals surface area (Å²) in [6.45, 7) is 1.58. The number of aryl methyl sites for hydroxylation is 1. The fourth-order valence-electron chi connectivity index (χ4n) is 1.32. The first-order valence-electron chi connectivity index (χ1n) is 4.32. The monoisotopic (exact) mass is 242 g/mol. The highest BCUT2D eigenvalue weighted by atomic mass is 19.4. The lowest BCUT2D eigenvalue weighted by atomic mass is 9.97. The predicted octanol–water partition coefficient (Wildman–Crippen LogP) is 4.20. The molecular weight excluding hydrogens is 234 g/mol. The maximum Gasteiger partial charge on any atom is 0.404 e. The number of rotatable bonds is 1. The molecular formula is C10H8F6. The molecule has 0 saturated carbocycles. The minimum atomic E-state index is -5.33. The van der Waals surface area contributed by atoms with Gasteiger partial charge in [-0.1, -0.05) is 29.8 Å². The fourth-order valence-corrected chi connectivity index (χ4v) is 1.32. The van der Waals surface area contributed by atoms with Gasteiger partial charge in [0.25, 0.3) is 0 Å². The van der Waals surface area contributed by atoms with Crippen LogP contribution in [0.15, 0.2) is 24.3 Å². The second-order valence-electron chi connectivity index (χ2n) is 3.43. The van der Waals surface area contributed by atoms with Crippen LogP contribution in [0, 0.1) is 6.92 Å². The Kier molecular flexibility index (Phi) is 3.21. The van der Waals surface area contributed by atoms with Crippen molar-refractivity contribution in [2.24, 2.45) is 0 Å². The largest absolute Gasteiger partial charge is 0.404 e. The third kappa shape index (κ3) is 2.90. The lowest BCUT2D eigenvalue weighted by Gasteiger charge is -2.23. The van der Waals surface area contributed by atoms with Crippen LogP contribution in [0.2, 0.25) is 0 Å². The molecule has 0 spiro atoms. The van der Waals surface area contributed by atoms with Crippen molar-refractivity contribution in [1.29, 1.82) is 0 Å². The Hall–Kier alpha value is -1.20. The number of alkyl halides is 6. The standard InChI is InChI=1S/C10H8F6/c1-6-2-4-7(5-3-6)8(9(11,12)13)10(14,15)16/h2-5,8H,1H3. The van der Waals surface area contributed by atoms with Crippen LogP contribution in [-0.4, -0.2) is 12.4 Å². The van der Waals surface area contributed by atoms with Gasteiger partial charge in [0.1, 0.15) is 0 Å². The number of halogens is 6. The molecule has 0 unspecified atom stereocenters. The average Bonchev–Trinajstić information content (AvgIpc) is 2.03. The normalized spacial score (nSPS) is 13.2. The molecule has 1 rings (SSSR count). The molecule has 1 aromatic rings. The maximum absolute atomic E-state index is 12.3. The summed E-state index contributed by atoms with van der Waals surface area (Å²) in [6.07, 6.45) is -10.7. The van der Waals surface area contributed by atoms with Crippen LogP contribution in [0.4, 0.5) is 26.3 Å². The Morgan fingerprint density at radius 2 is 1.19 bits per heavy atom. The van der Waals surface area contributed by atoms with Crippen molar-refractivity contribution in [3.05, 3.63) is 35.4 Å². The van der Waals surface area contributed by atoms with Crippen molar-refractivity contribution in [2.75, 3.05) is 0 Å². The quantitative estimate of drug-likeness (QED) is 0.647. The first-order valence-corrected chi connectivity index (χ1v) is 4.32. The van der Waals surface area contributed by atoms with E-state index < -0.39 is 23.8 Å². The van der Waals surface area contributed by atoms with Crippen molar-refractivity contribution < 1.29 is 26.3 Å². The zero-order valence-electron chi connectivity index (χ0n) is 8.15. The molecule has 0 nitrogen and oxygen atoms in total. The van der Waals surface area contributed by atoms with Gasteiger partial charge < -0.3 is 0 Å². The molecule has 0 aliphatic rings. The fraction of sp³-hybridized carbons (Fsp3) is 0.400. The first kappa shape index (κ1) is 12.9. The van der Waals surface area contributed by atoms with E-state index >= 15 is 0 Å². The zero-order chi connectivity index (χ0) is 12.6. The Labute approximate surface area is 87.9 Å². The minimum Gasteiger partial charge on any atom is -0.170 e. The Morgan fingerprint density at radius 3 is 1.50 bits per heavy atom. The molecule has 0 fully saturated rings. The van der Waals surface area contributed by atoms with Crippen LogP contribution in [-0.2, 0) is 0 Å². The number of hydrogen-bond acceptors (Lipinski definition) is 0. The third-order valence-electron chi connectivity index (χ3n) is 2.07. The van der Waals surface area contributed by atoms with Gasteiger partial charge in [-0.2, -0.15) is 26.3 Å². The van der Waals surface area contributed by atoms with Crippen molar-refractivity contribution in [2.45, 2.75) is 25.2 Å². The highest BCUT2D eigenvalue weighted by molar-refractivity contribution is 5.26. The maximum atomic E-state index is 12.3. The molecule has 0 radical (unpaired) electrons. The van der Waals surface area contributed by atoms with Crippen molar-refractivity contribution in [3.63, 3.8) is 0 Å². The molecule has 0 aromatic heterocycles. The van der Waals surface area contributed by atoms with E-state index in [0.29, 0.717) is 5.56 Å². The van der Waals surface area contributed by atoms with Crippen molar-refractivity contribution in [3.8, 4) is 0 Å². The Morgan fingerprint density at radius 1 is 0.812 bits per heavy atom. The van der Waals surface area contributed by atoms with E-state index in [1.54, 1.807) is 6.92 Å². The zero-order valence-corrected chi connectivity index (χ0v) is 8.15. The van der Waals surface area contributed by atoms with Crippen molar-refractivity contribution in [1.82, 2.24) is 0 Å². The highest BCUT2D eigenvalue weighted by Crippen LogP contribution is 2.46. The molecule has 0 aliphatic carbocycles. The van der Waals surface area contributed by atoms with E-state index in [1.807, 2.05) is 0 Å². The summed E-state index contributed by atoms with van der Waals surface area (Å²) in [5.74, 6) is -3.42. The van der Waals surface area contributed by atoms with Gasteiger partial charge in [0.2, 0.25) is 0 Å². The second-order valence-corrected chi connectivity index (χ2v) is 3.43. The molecule has 0 aliphatic heterocycles. The van der Waals surface area contributed by atoms with Crippen LogP contribution >= 0.6 is 0 Å². The van der Waals surface area contributed by atoms with Crippen LogP contribution in [0.1, 0.15) is 17.0 Å². The minimum absolute atomic E-state index is 0.604. The third-order valence-corrected chi connectivity index (χ3v) is 2.07. The van der Waals surface area contributed by atoms with Crippen molar-refractivity contribution >= 4 is 0 Å². The van der Waals surface area contributed by atoms with E-state index in [0.717, 1.165) is 12.1 Å². The van der Waals surface area contributed by atoms with Crippen LogP contribution in [0.25, 0.3) is 0 Å². The van der Waals surface area contributed by atoms with Gasteiger partial charge in [0.05, 0.1) is 0 Å². The summed E-state index contributed by atoms with van der Waals surface area (Å²) < 4.78 is 73.7. The van der Waals surface area contributed by atoms with Gasteiger partial charge in [0, 0.05) is 0 Å². The van der Waals surface area contributed by atoms with E-state index in [1.165, 1.54) is 12.1 Å². The number of hydrogen-bond donors (Lipinski definition) is 0. The predicted molar refractivity (Wildman–Crippen MR) is 46.0 cm³/mol. The van der Waals surface area contributed by atoms with Gasteiger partial charge in [-0.15, -0.1) is 0 Å². The number of benzene rings is 1. The Bertz CT molecular complexity index is 331. The summed E-state index contributed by atoms with van der Waals surface area (Å²) >= 11 is 0. The van der Waals surface area contributed by atoms with E-state index in [2.05, 4.69) is 0 Å². The molecule has 0 N–H and O–H groups in total. The van der Waals surface area contributed by atoms with Crippen LogP contribution < -0.4 is 0 Å². The molecule has 0 amide bonds. The smallest absolute Gasteiger partial charge is 0.170 e. The second kappa shape index (κ2) is 3.99. The molecule has 0 bridgehead atoms. The van der Waals surface area contributed by atoms with Crippen LogP contribution in [0.3, 0.4) is 0 Å². The average molecular weight is 242 g/mol. The molecule has 1 aromatic carbocycles. The van der Waals surface area contributed by atoms with E-state index in [4.69, 9.17) is 0 Å². The first-order chi connectivity index (χ1) is 7.12. The van der Waals surface area contributed by atoms with Gasteiger partial charge in [0.15, 0.2) is 5.92 Å². The van der Waals surface area contributed by atoms with Gasteiger partial charge in [-0.3, -0.25) is 0 Å². The summed E-state index contributed by atoms with van der Waals surface area (Å²) in [5, 5.41) is 0. The molecule has 0 atom stereocenters. The van der Waals surface area contributed by atoms with E-state index in [9.17, 15) is 26.3 Å². The lowest BCUT2D eigenvalue weighted by Crippen LogP contribution is -2.34. The summed E-state index contributed by atoms with van der Waals surface area (Å²) in [7, 11) is 0. The summed E-state index contributed by atoms with van der Waals surface area (Å²) in [6, 6.07) is 4.14. The van der Waals surface area contributed by atoms with Gasteiger partial charge in [-0.05, 0) is 12.5 Å². The van der Waals surface area contributed by atoms with Gasteiger partial charge >= 0.3 is 12.4 Å². The highest BCUT2D eigenvalue weighted by Gasteiger charge is 2.57. The molecule has 0 heterocycles. The molecule has 90 valence electrons. The molecule has 6 heteroatoms. The molecule has 16 heavy (non-hydrogen) atoms. The lowest BCUT2D eigenvalue weighted by molar-refractivity contribution is -0.253. The summed E-state index contributed by atoms with van der Waals surface area (Å²) in [4.78, 5) is 0. The summed E-state index contributed by atoms with van der Waals surface area (Å²) in [5.41, 5.74) is -0.183. The van der Waals surface area contributed by atoms with Gasteiger partial charge in [-0.25, -0.2) is 0 Å². The van der Waals surface area contributed by atoms with E-state index in [-0.39, 0.29) is 0 Å². The Balaban J connectivity index is 3.18. The van der Waals surface area contributed by atoms with Crippen LogP contribution in [0.5, 0.6) is 0 Å². The molecule has 0 saturated heterocycles. The topological polar surface area (TPSA) is 0 Å².